The zero-order valence-corrected chi connectivity index (χ0v) is 30.9. The first-order valence-corrected chi connectivity index (χ1v) is 15.9. The van der Waals surface area contributed by atoms with Crippen LogP contribution in [0.4, 0.5) is 11.4 Å². The number of benzene rings is 2. The average Bonchev–Trinajstić information content (AvgIpc) is 2.93. The first kappa shape index (κ1) is 44.4. The van der Waals surface area contributed by atoms with Crippen molar-refractivity contribution in [3.63, 3.8) is 0 Å². The molecule has 243 valence electrons. The van der Waals surface area contributed by atoms with Gasteiger partial charge >= 0.3 is 17.1 Å². The van der Waals surface area contributed by atoms with E-state index in [1.54, 1.807) is 0 Å². The van der Waals surface area contributed by atoms with E-state index in [1.807, 2.05) is 24.6 Å². The van der Waals surface area contributed by atoms with Crippen LogP contribution in [0.5, 0.6) is 0 Å². The van der Waals surface area contributed by atoms with Crippen LogP contribution >= 0.6 is 0 Å². The van der Waals surface area contributed by atoms with E-state index in [-0.39, 0.29) is 54.3 Å². The number of hydrogen-bond donors (Lipinski definition) is 0. The average molecular weight is 700 g/mol. The van der Waals surface area contributed by atoms with Crippen LogP contribution < -0.4 is 37.2 Å². The maximum absolute atomic E-state index is 5.05. The molecule has 0 aliphatic heterocycles. The summed E-state index contributed by atoms with van der Waals surface area (Å²) in [6.45, 7) is 13.5. The summed E-state index contributed by atoms with van der Waals surface area (Å²) in [6, 6.07) is 15.6. The second-order valence-electron chi connectivity index (χ2n) is 11.0. The number of pyridine rings is 1. The second-order valence-corrected chi connectivity index (χ2v) is 11.0. The molecule has 44 heavy (non-hydrogen) atoms. The molecule has 0 aliphatic rings. The number of aryl methyl sites for hydroxylation is 6. The molecule has 0 unspecified atom stereocenters. The maximum atomic E-state index is 5.05. The molecular weight excluding hydrogens is 649 g/mol. The van der Waals surface area contributed by atoms with Gasteiger partial charge < -0.3 is 37.2 Å². The topological polar surface area (TPSA) is 37.6 Å². The Morgan fingerprint density at radius 2 is 0.795 bits per heavy atom. The number of hydrogen-bond acceptors (Lipinski definition) is 3. The van der Waals surface area contributed by atoms with Gasteiger partial charge in [-0.1, -0.05) is 110 Å². The van der Waals surface area contributed by atoms with Crippen molar-refractivity contribution in [2.24, 2.45) is 9.98 Å². The predicted molar refractivity (Wildman–Crippen MR) is 176 cm³/mol. The molecular formula is C37H51Cl3FeN3. The third-order valence-corrected chi connectivity index (χ3v) is 7.25. The van der Waals surface area contributed by atoms with Crippen molar-refractivity contribution in [3.8, 4) is 0 Å². The summed E-state index contributed by atoms with van der Waals surface area (Å²) in [4.78, 5) is 15.0. The van der Waals surface area contributed by atoms with Gasteiger partial charge in [0.15, 0.2) is 0 Å². The van der Waals surface area contributed by atoms with E-state index in [9.17, 15) is 0 Å². The van der Waals surface area contributed by atoms with Crippen molar-refractivity contribution in [1.29, 1.82) is 0 Å². The predicted octanol–water partition coefficient (Wildman–Crippen LogP) is 1.31. The molecule has 0 spiro atoms. The van der Waals surface area contributed by atoms with Crippen LogP contribution in [0.2, 0.25) is 0 Å². The molecule has 0 saturated carbocycles. The minimum absolute atomic E-state index is 0. The number of aliphatic imine (C=N–C) groups is 2. The molecule has 3 aromatic rings. The normalized spacial score (nSPS) is 10.7. The fourth-order valence-electron chi connectivity index (χ4n) is 5.58. The largest absolute Gasteiger partial charge is 3.00 e. The molecule has 1 heterocycles. The molecule has 3 rings (SSSR count). The molecule has 0 amide bonds. The van der Waals surface area contributed by atoms with Crippen LogP contribution in [0, 0.1) is 0 Å². The molecule has 7 heteroatoms. The van der Waals surface area contributed by atoms with E-state index in [0.717, 1.165) is 87.0 Å². The number of nitrogens with zero attached hydrogens (tertiary/aromatic N) is 3. The molecule has 0 saturated heterocycles. The zero-order chi connectivity index (χ0) is 28.7. The molecule has 3 nitrogen and oxygen atoms in total. The van der Waals surface area contributed by atoms with Crippen LogP contribution in [0.1, 0.15) is 125 Å². The Hall–Kier alpha value is -1.68. The fraction of sp³-hybridized carbons (Fsp3) is 0.486. The minimum atomic E-state index is 0. The quantitative estimate of drug-likeness (QED) is 0.164. The summed E-state index contributed by atoms with van der Waals surface area (Å²) < 4.78 is 0. The smallest absolute Gasteiger partial charge is 1.00 e. The van der Waals surface area contributed by atoms with Crippen molar-refractivity contribution in [2.45, 2.75) is 119 Å². The first-order chi connectivity index (χ1) is 19.6. The van der Waals surface area contributed by atoms with Gasteiger partial charge in [0.1, 0.15) is 0 Å². The summed E-state index contributed by atoms with van der Waals surface area (Å²) in [5.41, 5.74) is 12.4. The molecule has 0 fully saturated rings. The van der Waals surface area contributed by atoms with Gasteiger partial charge in [-0.15, -0.1) is 0 Å². The Morgan fingerprint density at radius 3 is 1.07 bits per heavy atom. The van der Waals surface area contributed by atoms with Crippen LogP contribution in [-0.2, 0) is 55.6 Å². The van der Waals surface area contributed by atoms with Crippen LogP contribution in [0.3, 0.4) is 0 Å². The molecule has 2 aromatic carbocycles. The number of halogens is 3. The van der Waals surface area contributed by atoms with E-state index in [0.29, 0.717) is 0 Å². The number of rotatable bonds is 16. The van der Waals surface area contributed by atoms with Crippen molar-refractivity contribution in [1.82, 2.24) is 4.98 Å². The minimum Gasteiger partial charge on any atom is -1.00 e. The van der Waals surface area contributed by atoms with Crippen LogP contribution in [0.15, 0.2) is 52.4 Å². The van der Waals surface area contributed by atoms with E-state index in [1.165, 1.54) is 46.2 Å². The summed E-state index contributed by atoms with van der Waals surface area (Å²) in [6.07, 6.45) is 17.2. The summed E-state index contributed by atoms with van der Waals surface area (Å²) in [7, 11) is 0. The van der Waals surface area contributed by atoms with Crippen molar-refractivity contribution in [2.75, 3.05) is 0 Å². The Balaban J connectivity index is 0. The van der Waals surface area contributed by atoms with Gasteiger partial charge in [0.25, 0.3) is 0 Å². The van der Waals surface area contributed by atoms with Crippen molar-refractivity contribution < 1.29 is 54.3 Å². The molecule has 0 bridgehead atoms. The van der Waals surface area contributed by atoms with E-state index in [4.69, 9.17) is 15.0 Å². The van der Waals surface area contributed by atoms with E-state index < -0.39 is 0 Å². The van der Waals surface area contributed by atoms with Gasteiger partial charge in [-0.05, 0) is 84.0 Å². The van der Waals surface area contributed by atoms with Crippen molar-refractivity contribution in [3.05, 3.63) is 87.2 Å². The summed E-state index contributed by atoms with van der Waals surface area (Å²) in [5, 5.41) is 0. The Kier molecular flexibility index (Phi) is 24.8. The van der Waals surface area contributed by atoms with Crippen LogP contribution in [-0.4, -0.2) is 17.4 Å². The second kappa shape index (κ2) is 24.5. The summed E-state index contributed by atoms with van der Waals surface area (Å²) in [5.74, 6) is 0. The molecule has 0 atom stereocenters. The van der Waals surface area contributed by atoms with Gasteiger partial charge in [-0.3, -0.25) is 9.98 Å². The van der Waals surface area contributed by atoms with E-state index >= 15 is 0 Å². The van der Waals surface area contributed by atoms with Gasteiger partial charge in [-0.2, -0.15) is 0 Å². The van der Waals surface area contributed by atoms with Crippen LogP contribution in [0.25, 0.3) is 0 Å². The third kappa shape index (κ3) is 13.4. The third-order valence-electron chi connectivity index (χ3n) is 7.25. The molecule has 1 radical (unpaired) electrons. The Morgan fingerprint density at radius 1 is 0.500 bits per heavy atom. The van der Waals surface area contributed by atoms with Gasteiger partial charge in [-0.25, -0.2) is 4.98 Å². The zero-order valence-electron chi connectivity index (χ0n) is 27.5. The molecule has 0 aliphatic carbocycles. The maximum Gasteiger partial charge on any atom is 3.00 e. The SMILES string of the molecule is CCCc1cc(CCC)c(N=Cc2cccc(C=Nc3c(CCC)cc(CCC)cc3CCC)n2)c(CCC)c1.[Cl-].[Cl-].[Cl-].[Fe+3]. The molecule has 1 aromatic heterocycles. The summed E-state index contributed by atoms with van der Waals surface area (Å²) >= 11 is 0. The van der Waals surface area contributed by atoms with Crippen molar-refractivity contribution >= 4 is 23.8 Å². The Labute approximate surface area is 297 Å². The van der Waals surface area contributed by atoms with Gasteiger partial charge in [0.2, 0.25) is 0 Å². The first-order valence-electron chi connectivity index (χ1n) is 15.9. The molecule has 0 N–H and O–H groups in total. The number of aromatic nitrogens is 1. The van der Waals surface area contributed by atoms with Gasteiger partial charge in [0, 0.05) is 0 Å². The fourth-order valence-corrected chi connectivity index (χ4v) is 5.58. The van der Waals surface area contributed by atoms with E-state index in [2.05, 4.69) is 71.9 Å². The Bertz CT molecular complexity index is 1140. The standard InChI is InChI=1S/C37H51N3.3ClH.Fe/c1-7-14-28-22-30(16-9-3)36(31(23-28)17-10-4)38-26-34-20-13-21-35(40-34)27-39-37-32(18-11-5)24-29(15-8-2)25-33(37)19-12-6;;;;/h13,20-27H,7-12,14-19H2,1-6H3;3*1H;/q;;;;+3/p-3. The van der Waals surface area contributed by atoms with Gasteiger partial charge in [0.05, 0.1) is 35.2 Å². The monoisotopic (exact) mass is 698 g/mol.